The van der Waals surface area contributed by atoms with Crippen molar-refractivity contribution in [1.29, 1.82) is 0 Å². The second kappa shape index (κ2) is 5.54. The van der Waals surface area contributed by atoms with Gasteiger partial charge in [0, 0.05) is 25.7 Å². The molecule has 1 rings (SSSR count). The summed E-state index contributed by atoms with van der Waals surface area (Å²) in [6, 6.07) is 0.894. The van der Waals surface area contributed by atoms with Crippen LogP contribution in [0, 0.1) is 0 Å². The van der Waals surface area contributed by atoms with Crippen molar-refractivity contribution in [3.8, 4) is 0 Å². The van der Waals surface area contributed by atoms with E-state index in [1.807, 2.05) is 12.1 Å². The van der Waals surface area contributed by atoms with Gasteiger partial charge in [-0.05, 0) is 13.3 Å². The Morgan fingerprint density at radius 2 is 2.46 bits per heavy atom. The van der Waals surface area contributed by atoms with Crippen LogP contribution in [-0.2, 0) is 9.57 Å². The Balaban J connectivity index is 2.21. The topological polar surface area (TPSA) is 33.7 Å². The molecule has 2 atom stereocenters. The van der Waals surface area contributed by atoms with Crippen molar-refractivity contribution >= 4 is 0 Å². The van der Waals surface area contributed by atoms with E-state index < -0.39 is 0 Å². The van der Waals surface area contributed by atoms with Crippen molar-refractivity contribution in [2.75, 3.05) is 33.9 Å². The molecular weight excluding hydrogens is 168 g/mol. The molecule has 1 heterocycles. The summed E-state index contributed by atoms with van der Waals surface area (Å²) < 4.78 is 5.37. The number of ether oxygens (including phenoxy) is 1. The fourth-order valence-electron chi connectivity index (χ4n) is 1.51. The first kappa shape index (κ1) is 10.9. The summed E-state index contributed by atoms with van der Waals surface area (Å²) in [6.45, 7) is 4.78. The molecule has 4 nitrogen and oxygen atoms in total. The van der Waals surface area contributed by atoms with E-state index in [1.54, 1.807) is 7.11 Å². The smallest absolute Gasteiger partial charge is 0.0620 e. The van der Waals surface area contributed by atoms with Crippen molar-refractivity contribution < 1.29 is 9.57 Å². The highest BCUT2D eigenvalue weighted by atomic mass is 16.7. The van der Waals surface area contributed by atoms with Crippen molar-refractivity contribution in [3.05, 3.63) is 0 Å². The molecule has 0 aromatic heterocycles. The minimum absolute atomic E-state index is 0.421. The number of hydrogen-bond acceptors (Lipinski definition) is 4. The van der Waals surface area contributed by atoms with E-state index in [-0.39, 0.29) is 0 Å². The van der Waals surface area contributed by atoms with Crippen molar-refractivity contribution in [2.24, 2.45) is 0 Å². The molecule has 1 N–H and O–H groups in total. The Labute approximate surface area is 80.1 Å². The van der Waals surface area contributed by atoms with Gasteiger partial charge in [-0.2, -0.15) is 5.06 Å². The molecule has 78 valence electrons. The molecule has 1 saturated heterocycles. The molecule has 4 heteroatoms. The third-order valence-electron chi connectivity index (χ3n) is 2.53. The van der Waals surface area contributed by atoms with Crippen LogP contribution in [0.1, 0.15) is 13.3 Å². The number of nitrogens with one attached hydrogen (secondary N) is 1. The highest BCUT2D eigenvalue weighted by molar-refractivity contribution is 4.74. The first-order chi connectivity index (χ1) is 6.24. The lowest BCUT2D eigenvalue weighted by atomic mass is 10.1. The molecule has 1 fully saturated rings. The molecule has 1 aliphatic heterocycles. The van der Waals surface area contributed by atoms with E-state index in [1.165, 1.54) is 0 Å². The second-order valence-corrected chi connectivity index (χ2v) is 3.54. The van der Waals surface area contributed by atoms with Crippen molar-refractivity contribution in [1.82, 2.24) is 10.4 Å². The summed E-state index contributed by atoms with van der Waals surface area (Å²) in [5, 5.41) is 5.29. The standard InChI is InChI=1S/C9H20N2O2/c1-8(11(2)12-3)6-9-7-13-5-4-10-9/h8-10H,4-7H2,1-3H3. The van der Waals surface area contributed by atoms with Crippen LogP contribution in [0.3, 0.4) is 0 Å². The zero-order valence-corrected chi connectivity index (χ0v) is 8.75. The summed E-state index contributed by atoms with van der Waals surface area (Å²) in [5.74, 6) is 0. The summed E-state index contributed by atoms with van der Waals surface area (Å²) in [6.07, 6.45) is 1.06. The molecule has 13 heavy (non-hydrogen) atoms. The van der Waals surface area contributed by atoms with Crippen LogP contribution in [0.4, 0.5) is 0 Å². The van der Waals surface area contributed by atoms with Gasteiger partial charge in [0.25, 0.3) is 0 Å². The average molecular weight is 188 g/mol. The van der Waals surface area contributed by atoms with Crippen LogP contribution >= 0.6 is 0 Å². The number of nitrogens with zero attached hydrogens (tertiary/aromatic N) is 1. The van der Waals surface area contributed by atoms with Gasteiger partial charge in [-0.1, -0.05) is 0 Å². The molecule has 0 aromatic rings. The highest BCUT2D eigenvalue weighted by Crippen LogP contribution is 2.07. The van der Waals surface area contributed by atoms with Gasteiger partial charge in [0.2, 0.25) is 0 Å². The monoisotopic (exact) mass is 188 g/mol. The van der Waals surface area contributed by atoms with E-state index in [4.69, 9.17) is 9.57 Å². The van der Waals surface area contributed by atoms with Gasteiger partial charge >= 0.3 is 0 Å². The van der Waals surface area contributed by atoms with Gasteiger partial charge in [-0.15, -0.1) is 0 Å². The summed E-state index contributed by atoms with van der Waals surface area (Å²) in [4.78, 5) is 5.12. The average Bonchev–Trinajstić information content (AvgIpc) is 2.18. The van der Waals surface area contributed by atoms with Gasteiger partial charge in [-0.3, -0.25) is 0 Å². The van der Waals surface area contributed by atoms with Crippen LogP contribution in [0.25, 0.3) is 0 Å². The fraction of sp³-hybridized carbons (Fsp3) is 1.00. The number of hydrogen-bond donors (Lipinski definition) is 1. The van der Waals surface area contributed by atoms with Crippen molar-refractivity contribution in [2.45, 2.75) is 25.4 Å². The molecular formula is C9H20N2O2. The largest absolute Gasteiger partial charge is 0.379 e. The van der Waals surface area contributed by atoms with Crippen LogP contribution in [0.2, 0.25) is 0 Å². The Kier molecular flexibility index (Phi) is 4.66. The zero-order valence-electron chi connectivity index (χ0n) is 8.75. The normalized spacial score (nSPS) is 26.3. The summed E-state index contributed by atoms with van der Waals surface area (Å²) in [7, 11) is 3.65. The fourth-order valence-corrected chi connectivity index (χ4v) is 1.51. The Hall–Kier alpha value is -0.160. The maximum atomic E-state index is 5.37. The minimum Gasteiger partial charge on any atom is -0.379 e. The van der Waals surface area contributed by atoms with E-state index in [0.29, 0.717) is 12.1 Å². The van der Waals surface area contributed by atoms with Gasteiger partial charge in [0.15, 0.2) is 0 Å². The van der Waals surface area contributed by atoms with E-state index in [0.717, 1.165) is 26.2 Å². The predicted molar refractivity (Wildman–Crippen MR) is 51.5 cm³/mol. The lowest BCUT2D eigenvalue weighted by Gasteiger charge is -2.29. The zero-order chi connectivity index (χ0) is 9.68. The van der Waals surface area contributed by atoms with E-state index >= 15 is 0 Å². The van der Waals surface area contributed by atoms with Gasteiger partial charge in [-0.25, -0.2) is 0 Å². The predicted octanol–water partition coefficient (Wildman–Crippen LogP) is 0.247. The second-order valence-electron chi connectivity index (χ2n) is 3.54. The molecule has 0 amide bonds. The molecule has 0 aliphatic carbocycles. The van der Waals surface area contributed by atoms with Crippen molar-refractivity contribution in [3.63, 3.8) is 0 Å². The maximum Gasteiger partial charge on any atom is 0.0620 e. The molecule has 0 aromatic carbocycles. The lowest BCUT2D eigenvalue weighted by molar-refractivity contribution is -0.140. The molecule has 1 aliphatic rings. The highest BCUT2D eigenvalue weighted by Gasteiger charge is 2.18. The summed E-state index contributed by atoms with van der Waals surface area (Å²) >= 11 is 0. The molecule has 0 radical (unpaired) electrons. The van der Waals surface area contributed by atoms with Crippen LogP contribution in [0.5, 0.6) is 0 Å². The van der Waals surface area contributed by atoms with Crippen LogP contribution in [-0.4, -0.2) is 51.1 Å². The molecule has 0 saturated carbocycles. The summed E-state index contributed by atoms with van der Waals surface area (Å²) in [5.41, 5.74) is 0. The number of morpholine rings is 1. The number of rotatable bonds is 4. The van der Waals surface area contributed by atoms with Gasteiger partial charge in [0.05, 0.1) is 20.3 Å². The Bertz CT molecular complexity index is 138. The molecule has 0 bridgehead atoms. The van der Waals surface area contributed by atoms with E-state index in [9.17, 15) is 0 Å². The SMILES string of the molecule is CON(C)C(C)CC1COCCN1. The first-order valence-electron chi connectivity index (χ1n) is 4.82. The minimum atomic E-state index is 0.421. The quantitative estimate of drug-likeness (QED) is 0.641. The van der Waals surface area contributed by atoms with E-state index in [2.05, 4.69) is 12.2 Å². The lowest BCUT2D eigenvalue weighted by Crippen LogP contribution is -2.45. The van der Waals surface area contributed by atoms with Gasteiger partial charge in [0.1, 0.15) is 0 Å². The van der Waals surface area contributed by atoms with Crippen LogP contribution in [0.15, 0.2) is 0 Å². The molecule has 0 spiro atoms. The third-order valence-corrected chi connectivity index (χ3v) is 2.53. The first-order valence-corrected chi connectivity index (χ1v) is 4.82. The molecule has 2 unspecified atom stereocenters. The maximum absolute atomic E-state index is 5.37. The van der Waals surface area contributed by atoms with Crippen LogP contribution < -0.4 is 5.32 Å². The van der Waals surface area contributed by atoms with Gasteiger partial charge < -0.3 is 14.9 Å². The Morgan fingerprint density at radius 3 is 3.00 bits per heavy atom. The number of hydroxylamine groups is 2. The third kappa shape index (κ3) is 3.60. The Morgan fingerprint density at radius 1 is 1.69 bits per heavy atom.